The summed E-state index contributed by atoms with van der Waals surface area (Å²) in [5.41, 5.74) is 3.08. The minimum Gasteiger partial charge on any atom is -0.340 e. The Bertz CT molecular complexity index is 685. The van der Waals surface area contributed by atoms with Crippen LogP contribution in [0.5, 0.6) is 0 Å². The van der Waals surface area contributed by atoms with Crippen LogP contribution >= 0.6 is 0 Å². The Balaban J connectivity index is 1.42. The lowest BCUT2D eigenvalue weighted by molar-refractivity contribution is -0.139. The van der Waals surface area contributed by atoms with Gasteiger partial charge in [0.05, 0.1) is 6.54 Å². The van der Waals surface area contributed by atoms with Crippen molar-refractivity contribution in [3.63, 3.8) is 0 Å². The second kappa shape index (κ2) is 10.2. The van der Waals surface area contributed by atoms with Crippen LogP contribution in [0.1, 0.15) is 37.3 Å². The topological polar surface area (TPSA) is 55.9 Å². The third kappa shape index (κ3) is 5.80. The number of nitrogens with zero attached hydrogens (tertiary/aromatic N) is 3. The van der Waals surface area contributed by atoms with Gasteiger partial charge in [0.2, 0.25) is 11.8 Å². The molecule has 2 saturated heterocycles. The molecule has 2 aliphatic rings. The molecule has 1 N–H and O–H groups in total. The van der Waals surface area contributed by atoms with Crippen molar-refractivity contribution in [3.05, 3.63) is 29.3 Å². The summed E-state index contributed by atoms with van der Waals surface area (Å²) in [6.07, 6.45) is 3.14. The molecule has 2 amide bonds. The summed E-state index contributed by atoms with van der Waals surface area (Å²) in [6, 6.07) is 6.03. The van der Waals surface area contributed by atoms with Crippen molar-refractivity contribution in [3.8, 4) is 0 Å². The minimum atomic E-state index is 0.0190. The highest BCUT2D eigenvalue weighted by molar-refractivity contribution is 5.93. The lowest BCUT2D eigenvalue weighted by Crippen LogP contribution is -2.52. The van der Waals surface area contributed by atoms with Gasteiger partial charge in [-0.05, 0) is 63.9 Å². The van der Waals surface area contributed by atoms with Crippen molar-refractivity contribution in [1.82, 2.24) is 14.7 Å². The number of likely N-dealkylation sites (tertiary alicyclic amines) is 1. The molecule has 1 aromatic carbocycles. The van der Waals surface area contributed by atoms with Gasteiger partial charge in [0.1, 0.15) is 0 Å². The molecule has 0 atom stereocenters. The maximum atomic E-state index is 12.9. The van der Waals surface area contributed by atoms with Gasteiger partial charge in [-0.15, -0.1) is 0 Å². The average Bonchev–Trinajstić information content (AvgIpc) is 2.72. The van der Waals surface area contributed by atoms with Crippen LogP contribution in [-0.4, -0.2) is 78.9 Å². The quantitative estimate of drug-likeness (QED) is 0.797. The van der Waals surface area contributed by atoms with Gasteiger partial charge in [-0.3, -0.25) is 14.5 Å². The van der Waals surface area contributed by atoms with Crippen molar-refractivity contribution in [1.29, 1.82) is 0 Å². The first-order valence-electron chi connectivity index (χ1n) is 11.1. The van der Waals surface area contributed by atoms with Gasteiger partial charge in [-0.25, -0.2) is 0 Å². The normalized spacial score (nSPS) is 19.3. The highest BCUT2D eigenvalue weighted by Gasteiger charge is 2.30. The van der Waals surface area contributed by atoms with Crippen LogP contribution in [0.15, 0.2) is 18.2 Å². The van der Waals surface area contributed by atoms with E-state index in [2.05, 4.69) is 22.0 Å². The number of carbonyl (C=O) groups excluding carboxylic acids is 2. The van der Waals surface area contributed by atoms with Crippen LogP contribution in [0.2, 0.25) is 0 Å². The third-order valence-corrected chi connectivity index (χ3v) is 6.27. The number of rotatable bonds is 6. The molecule has 6 heteroatoms. The van der Waals surface area contributed by atoms with Crippen molar-refractivity contribution in [2.24, 2.45) is 5.92 Å². The molecular weight excluding hydrogens is 364 g/mol. The standard InChI is InChI=1S/C23H36N4O2/c1-4-10-25-11-8-20(9-12-25)23(29)27-15-13-26(14-16-27)17-21(28)24-22-18(2)6-5-7-19(22)3/h5-7,20H,4,8-17H2,1-3H3,(H,24,28). The number of benzene rings is 1. The third-order valence-electron chi connectivity index (χ3n) is 6.27. The molecule has 0 bridgehead atoms. The molecule has 2 heterocycles. The van der Waals surface area contributed by atoms with Crippen LogP contribution in [0.4, 0.5) is 5.69 Å². The number of aryl methyl sites for hydroxylation is 2. The van der Waals surface area contributed by atoms with Crippen molar-refractivity contribution in [2.45, 2.75) is 40.0 Å². The number of carbonyl (C=O) groups is 2. The number of para-hydroxylation sites is 1. The van der Waals surface area contributed by atoms with Crippen LogP contribution in [-0.2, 0) is 9.59 Å². The van der Waals surface area contributed by atoms with E-state index >= 15 is 0 Å². The number of hydrogen-bond donors (Lipinski definition) is 1. The Morgan fingerprint density at radius 3 is 2.17 bits per heavy atom. The zero-order valence-corrected chi connectivity index (χ0v) is 18.2. The summed E-state index contributed by atoms with van der Waals surface area (Å²) in [4.78, 5) is 32.0. The number of anilines is 1. The van der Waals surface area contributed by atoms with Gasteiger partial charge >= 0.3 is 0 Å². The number of piperazine rings is 1. The Morgan fingerprint density at radius 2 is 1.59 bits per heavy atom. The molecule has 0 spiro atoms. The summed E-state index contributed by atoms with van der Waals surface area (Å²) >= 11 is 0. The van der Waals surface area contributed by atoms with Crippen molar-refractivity contribution < 1.29 is 9.59 Å². The maximum absolute atomic E-state index is 12.9. The largest absolute Gasteiger partial charge is 0.340 e. The Hall–Kier alpha value is -1.92. The molecule has 0 unspecified atom stereocenters. The van der Waals surface area contributed by atoms with E-state index in [0.29, 0.717) is 12.5 Å². The smallest absolute Gasteiger partial charge is 0.238 e. The molecule has 29 heavy (non-hydrogen) atoms. The first-order chi connectivity index (χ1) is 14.0. The minimum absolute atomic E-state index is 0.0190. The van der Waals surface area contributed by atoms with E-state index in [1.807, 2.05) is 36.9 Å². The fourth-order valence-electron chi connectivity index (χ4n) is 4.50. The van der Waals surface area contributed by atoms with Gasteiger partial charge in [-0.1, -0.05) is 25.1 Å². The summed E-state index contributed by atoms with van der Waals surface area (Å²) < 4.78 is 0. The number of piperidine rings is 1. The predicted octanol–water partition coefficient (Wildman–Crippen LogP) is 2.51. The summed E-state index contributed by atoms with van der Waals surface area (Å²) in [5, 5.41) is 3.06. The molecule has 2 fully saturated rings. The Morgan fingerprint density at radius 1 is 0.966 bits per heavy atom. The van der Waals surface area contributed by atoms with E-state index < -0.39 is 0 Å². The Labute approximate surface area is 175 Å². The molecule has 2 aliphatic heterocycles. The molecular formula is C23H36N4O2. The molecule has 0 aromatic heterocycles. The summed E-state index contributed by atoms with van der Waals surface area (Å²) in [6.45, 7) is 12.8. The molecule has 3 rings (SSSR count). The second-order valence-electron chi connectivity index (χ2n) is 8.53. The monoisotopic (exact) mass is 400 g/mol. The molecule has 0 saturated carbocycles. The molecule has 6 nitrogen and oxygen atoms in total. The van der Waals surface area contributed by atoms with Gasteiger partial charge in [0.25, 0.3) is 0 Å². The average molecular weight is 401 g/mol. The van der Waals surface area contributed by atoms with Crippen molar-refractivity contribution in [2.75, 3.05) is 57.7 Å². The predicted molar refractivity (Wildman–Crippen MR) is 117 cm³/mol. The van der Waals surface area contributed by atoms with Gasteiger partial charge < -0.3 is 15.1 Å². The van der Waals surface area contributed by atoms with Crippen LogP contribution in [0.25, 0.3) is 0 Å². The Kier molecular flexibility index (Phi) is 7.67. The second-order valence-corrected chi connectivity index (χ2v) is 8.53. The van der Waals surface area contributed by atoms with E-state index in [1.54, 1.807) is 0 Å². The number of hydrogen-bond acceptors (Lipinski definition) is 4. The molecule has 0 aliphatic carbocycles. The SMILES string of the molecule is CCCN1CCC(C(=O)N2CCN(CC(=O)Nc3c(C)cccc3C)CC2)CC1. The van der Waals surface area contributed by atoms with Crippen molar-refractivity contribution >= 4 is 17.5 Å². The van der Waals surface area contributed by atoms with E-state index in [4.69, 9.17) is 0 Å². The van der Waals surface area contributed by atoms with Gasteiger partial charge in [0, 0.05) is 37.8 Å². The van der Waals surface area contributed by atoms with Gasteiger partial charge in [0.15, 0.2) is 0 Å². The highest BCUT2D eigenvalue weighted by Crippen LogP contribution is 2.21. The fraction of sp³-hybridized carbons (Fsp3) is 0.652. The molecule has 160 valence electrons. The van der Waals surface area contributed by atoms with Crippen LogP contribution in [0.3, 0.4) is 0 Å². The zero-order chi connectivity index (χ0) is 20.8. The molecule has 0 radical (unpaired) electrons. The fourth-order valence-corrected chi connectivity index (χ4v) is 4.50. The lowest BCUT2D eigenvalue weighted by Gasteiger charge is -2.38. The van der Waals surface area contributed by atoms with E-state index in [9.17, 15) is 9.59 Å². The zero-order valence-electron chi connectivity index (χ0n) is 18.2. The number of amides is 2. The van der Waals surface area contributed by atoms with E-state index in [1.165, 1.54) is 6.42 Å². The van der Waals surface area contributed by atoms with Crippen LogP contribution < -0.4 is 5.32 Å². The van der Waals surface area contributed by atoms with E-state index in [-0.39, 0.29) is 11.8 Å². The van der Waals surface area contributed by atoms with Gasteiger partial charge in [-0.2, -0.15) is 0 Å². The lowest BCUT2D eigenvalue weighted by atomic mass is 9.95. The molecule has 1 aromatic rings. The first-order valence-corrected chi connectivity index (χ1v) is 11.1. The summed E-state index contributed by atoms with van der Waals surface area (Å²) in [7, 11) is 0. The highest BCUT2D eigenvalue weighted by atomic mass is 16.2. The maximum Gasteiger partial charge on any atom is 0.238 e. The van der Waals surface area contributed by atoms with E-state index in [0.717, 1.165) is 75.5 Å². The van der Waals surface area contributed by atoms with Crippen LogP contribution in [0, 0.1) is 19.8 Å². The first kappa shape index (κ1) is 21.8. The number of nitrogens with one attached hydrogen (secondary N) is 1. The summed E-state index contributed by atoms with van der Waals surface area (Å²) in [5.74, 6) is 0.522.